The first-order valence-corrected chi connectivity index (χ1v) is 11.3. The van der Waals surface area contributed by atoms with Gasteiger partial charge in [-0.1, -0.05) is 54.6 Å². The maximum Gasteiger partial charge on any atom is 0.325 e. The molecule has 0 aromatic heterocycles. The van der Waals surface area contributed by atoms with E-state index in [0.29, 0.717) is 0 Å². The van der Waals surface area contributed by atoms with Crippen LogP contribution in [0.4, 0.5) is 0 Å². The highest BCUT2D eigenvalue weighted by molar-refractivity contribution is 7.58. The summed E-state index contributed by atoms with van der Waals surface area (Å²) in [4.78, 5) is 33.8. The van der Waals surface area contributed by atoms with Crippen molar-refractivity contribution in [2.24, 2.45) is 11.7 Å². The number of carboxylic acid groups (broad SMARTS) is 1. The normalized spacial score (nSPS) is 16.3. The molecular formula is C21H27N2O5P. The molecule has 0 spiro atoms. The molecule has 0 bridgehead atoms. The van der Waals surface area contributed by atoms with Gasteiger partial charge in [-0.2, -0.15) is 0 Å². The van der Waals surface area contributed by atoms with Crippen molar-refractivity contribution in [1.82, 2.24) is 5.32 Å². The molecule has 5 N–H and O–H groups in total. The summed E-state index contributed by atoms with van der Waals surface area (Å²) in [6.07, 6.45) is -0.117. The van der Waals surface area contributed by atoms with Crippen LogP contribution in [0.25, 0.3) is 11.1 Å². The highest BCUT2D eigenvalue weighted by Crippen LogP contribution is 2.46. The molecule has 0 aliphatic carbocycles. The summed E-state index contributed by atoms with van der Waals surface area (Å²) in [7, 11) is -3.77. The quantitative estimate of drug-likeness (QED) is 0.463. The molecule has 0 aliphatic heterocycles. The molecule has 0 heterocycles. The predicted octanol–water partition coefficient (Wildman–Crippen LogP) is 2.68. The van der Waals surface area contributed by atoms with Gasteiger partial charge < -0.3 is 21.1 Å². The first-order chi connectivity index (χ1) is 13.6. The minimum absolute atomic E-state index is 0.199. The van der Waals surface area contributed by atoms with Crippen molar-refractivity contribution in [2.75, 3.05) is 6.16 Å². The summed E-state index contributed by atoms with van der Waals surface area (Å²) in [5.41, 5.74) is 8.48. The maximum absolute atomic E-state index is 12.6. The molecule has 7 nitrogen and oxygen atoms in total. The van der Waals surface area contributed by atoms with Crippen molar-refractivity contribution in [1.29, 1.82) is 0 Å². The van der Waals surface area contributed by atoms with E-state index in [4.69, 9.17) is 10.8 Å². The lowest BCUT2D eigenvalue weighted by Crippen LogP contribution is -2.43. The van der Waals surface area contributed by atoms with Crippen LogP contribution in [0.1, 0.15) is 19.4 Å². The standard InChI is InChI=1S/C21H27N2O5P/c1-14(21(25)26)23-20(24)19(13-29(27,28)15(2)22)12-16-8-10-18(11-9-16)17-6-4-3-5-7-17/h3-11,14-15,19H,12-13,22H2,1-2H3,(H,23,24)(H,25,26)(H,27,28)/t14-,15?,19+/m0/s1. The second-order valence-electron chi connectivity index (χ2n) is 7.21. The minimum atomic E-state index is -3.77. The summed E-state index contributed by atoms with van der Waals surface area (Å²) >= 11 is 0. The Morgan fingerprint density at radius 3 is 2.10 bits per heavy atom. The molecule has 2 rings (SSSR count). The average molecular weight is 418 g/mol. The van der Waals surface area contributed by atoms with E-state index in [2.05, 4.69) is 5.32 Å². The molecule has 2 unspecified atom stereocenters. The first-order valence-electron chi connectivity index (χ1n) is 9.35. The fourth-order valence-corrected chi connectivity index (χ4v) is 4.12. The van der Waals surface area contributed by atoms with Gasteiger partial charge in [0.05, 0.1) is 11.7 Å². The number of rotatable bonds is 9. The number of carbonyl (C=O) groups is 2. The Balaban J connectivity index is 2.21. The minimum Gasteiger partial charge on any atom is -0.480 e. The number of hydrogen-bond donors (Lipinski definition) is 4. The van der Waals surface area contributed by atoms with Crippen molar-refractivity contribution in [2.45, 2.75) is 32.1 Å². The Kier molecular flexibility index (Phi) is 7.73. The third-order valence-electron chi connectivity index (χ3n) is 4.76. The Labute approximate surface area is 170 Å². The number of carboxylic acids is 1. The molecule has 4 atom stereocenters. The van der Waals surface area contributed by atoms with Gasteiger partial charge in [0.1, 0.15) is 6.04 Å². The summed E-state index contributed by atoms with van der Waals surface area (Å²) in [6.45, 7) is 2.76. The summed E-state index contributed by atoms with van der Waals surface area (Å²) in [5, 5.41) is 11.4. The molecule has 29 heavy (non-hydrogen) atoms. The van der Waals surface area contributed by atoms with E-state index in [0.717, 1.165) is 16.7 Å². The lowest BCUT2D eigenvalue weighted by Gasteiger charge is -2.23. The second kappa shape index (κ2) is 9.83. The van der Waals surface area contributed by atoms with Crippen LogP contribution in [-0.2, 0) is 20.6 Å². The molecule has 156 valence electrons. The number of benzene rings is 2. The highest BCUT2D eigenvalue weighted by atomic mass is 31.2. The van der Waals surface area contributed by atoms with Gasteiger partial charge in [0.2, 0.25) is 13.3 Å². The van der Waals surface area contributed by atoms with Gasteiger partial charge in [0, 0.05) is 6.16 Å². The number of nitrogens with two attached hydrogens (primary N) is 1. The first kappa shape index (κ1) is 22.8. The van der Waals surface area contributed by atoms with Gasteiger partial charge in [-0.25, -0.2) is 0 Å². The molecule has 0 fully saturated rings. The number of carbonyl (C=O) groups excluding carboxylic acids is 1. The molecule has 1 amide bonds. The van der Waals surface area contributed by atoms with Gasteiger partial charge >= 0.3 is 5.97 Å². The fourth-order valence-electron chi connectivity index (χ4n) is 2.86. The van der Waals surface area contributed by atoms with Crippen LogP contribution < -0.4 is 11.1 Å². The third-order valence-corrected chi connectivity index (χ3v) is 7.00. The maximum atomic E-state index is 12.6. The zero-order chi connectivity index (χ0) is 21.6. The van der Waals surface area contributed by atoms with Gasteiger partial charge in [0.15, 0.2) is 0 Å². The van der Waals surface area contributed by atoms with E-state index in [1.165, 1.54) is 13.8 Å². The van der Waals surface area contributed by atoms with Crippen molar-refractivity contribution in [3.63, 3.8) is 0 Å². The number of hydrogen-bond acceptors (Lipinski definition) is 4. The fraction of sp³-hybridized carbons (Fsp3) is 0.333. The van der Waals surface area contributed by atoms with Crippen LogP contribution in [0.3, 0.4) is 0 Å². The molecule has 0 radical (unpaired) electrons. The number of nitrogens with one attached hydrogen (secondary N) is 1. The number of amides is 1. The summed E-state index contributed by atoms with van der Waals surface area (Å²) in [5.74, 6) is -3.61. The SMILES string of the molecule is CC(N)P(=O)(O)C[C@@H](Cc1ccc(-c2ccccc2)cc1)C(=O)N[C@@H](C)C(=O)O. The molecule has 0 aliphatic rings. The van der Waals surface area contributed by atoms with E-state index in [1.54, 1.807) is 0 Å². The molecule has 0 saturated heterocycles. The van der Waals surface area contributed by atoms with Crippen LogP contribution in [0.5, 0.6) is 0 Å². The lowest BCUT2D eigenvalue weighted by atomic mass is 9.97. The molecule has 2 aromatic carbocycles. The average Bonchev–Trinajstić information content (AvgIpc) is 2.68. The van der Waals surface area contributed by atoms with Crippen molar-refractivity contribution >= 4 is 19.2 Å². The Hall–Kier alpha value is -2.47. The zero-order valence-electron chi connectivity index (χ0n) is 16.5. The monoisotopic (exact) mass is 418 g/mol. The van der Waals surface area contributed by atoms with Crippen LogP contribution >= 0.6 is 7.37 Å². The summed E-state index contributed by atoms with van der Waals surface area (Å²) < 4.78 is 12.4. The van der Waals surface area contributed by atoms with Gasteiger partial charge in [-0.05, 0) is 37.0 Å². The van der Waals surface area contributed by atoms with E-state index in [9.17, 15) is 19.0 Å². The Morgan fingerprint density at radius 2 is 1.59 bits per heavy atom. The van der Waals surface area contributed by atoms with Crippen molar-refractivity contribution < 1.29 is 24.2 Å². The molecule has 2 aromatic rings. The Morgan fingerprint density at radius 1 is 1.03 bits per heavy atom. The second-order valence-corrected chi connectivity index (χ2v) is 9.90. The van der Waals surface area contributed by atoms with E-state index in [-0.39, 0.29) is 12.6 Å². The van der Waals surface area contributed by atoms with E-state index < -0.39 is 37.0 Å². The van der Waals surface area contributed by atoms with Crippen LogP contribution in [0.15, 0.2) is 54.6 Å². The predicted molar refractivity (Wildman–Crippen MR) is 113 cm³/mol. The summed E-state index contributed by atoms with van der Waals surface area (Å²) in [6, 6.07) is 16.3. The topological polar surface area (TPSA) is 130 Å². The zero-order valence-corrected chi connectivity index (χ0v) is 17.4. The van der Waals surface area contributed by atoms with Crippen molar-refractivity contribution in [3.05, 3.63) is 60.2 Å². The number of aliphatic carboxylic acids is 1. The molecular weight excluding hydrogens is 391 g/mol. The van der Waals surface area contributed by atoms with Crippen LogP contribution in [0, 0.1) is 5.92 Å². The third kappa shape index (κ3) is 6.53. The Bertz CT molecular complexity index is 884. The molecule has 8 heteroatoms. The van der Waals surface area contributed by atoms with Crippen molar-refractivity contribution in [3.8, 4) is 11.1 Å². The van der Waals surface area contributed by atoms with Crippen LogP contribution in [-0.4, -0.2) is 39.9 Å². The van der Waals surface area contributed by atoms with E-state index in [1.807, 2.05) is 54.6 Å². The van der Waals surface area contributed by atoms with E-state index >= 15 is 0 Å². The van der Waals surface area contributed by atoms with Crippen LogP contribution in [0.2, 0.25) is 0 Å². The smallest absolute Gasteiger partial charge is 0.325 e. The highest BCUT2D eigenvalue weighted by Gasteiger charge is 2.33. The molecule has 0 saturated carbocycles. The van der Waals surface area contributed by atoms with Gasteiger partial charge in [-0.15, -0.1) is 0 Å². The van der Waals surface area contributed by atoms with Gasteiger partial charge in [0.25, 0.3) is 0 Å². The largest absolute Gasteiger partial charge is 0.480 e. The van der Waals surface area contributed by atoms with Gasteiger partial charge in [-0.3, -0.25) is 14.2 Å². The lowest BCUT2D eigenvalue weighted by molar-refractivity contribution is -0.141.